The molecule has 2 rings (SSSR count). The van der Waals surface area contributed by atoms with E-state index in [9.17, 15) is 14.4 Å². The Kier molecular flexibility index (Phi) is 6.74. The Labute approximate surface area is 147 Å². The Balaban J connectivity index is 2.12. The van der Waals surface area contributed by atoms with Crippen LogP contribution in [0, 0.1) is 5.92 Å². The van der Waals surface area contributed by atoms with E-state index >= 15 is 0 Å². The predicted octanol–water partition coefficient (Wildman–Crippen LogP) is 2.72. The van der Waals surface area contributed by atoms with Crippen molar-refractivity contribution >= 4 is 18.0 Å². The second-order valence-corrected chi connectivity index (χ2v) is 5.86. The van der Waals surface area contributed by atoms with Crippen LogP contribution in [0.25, 0.3) is 0 Å². The van der Waals surface area contributed by atoms with Gasteiger partial charge in [0, 0.05) is 0 Å². The van der Waals surface area contributed by atoms with E-state index in [1.54, 1.807) is 13.0 Å². The Hall–Kier alpha value is -2.63. The Bertz CT molecular complexity index is 628. The van der Waals surface area contributed by atoms with Crippen molar-refractivity contribution in [2.45, 2.75) is 32.2 Å². The Morgan fingerprint density at radius 3 is 2.76 bits per heavy atom. The first kappa shape index (κ1) is 18.7. The molecule has 1 aliphatic rings. The van der Waals surface area contributed by atoms with Gasteiger partial charge in [-0.05, 0) is 25.3 Å². The van der Waals surface area contributed by atoms with Gasteiger partial charge >= 0.3 is 12.1 Å². The summed E-state index contributed by atoms with van der Waals surface area (Å²) in [7, 11) is 0. The van der Waals surface area contributed by atoms with E-state index in [2.05, 4.69) is 6.58 Å². The standard InChI is InChI=1S/C19H23NO5/c1-3-8-15(12-17(21)24-4-2)18(22)20-16(13-25-19(20)23)11-14-9-6-5-7-10-14/h3,5-7,9-10,15-16H,1,4,8,11-13H2,2H3/t15-,16+/m1/s1. The number of esters is 1. The van der Waals surface area contributed by atoms with Crippen LogP contribution in [-0.4, -0.2) is 42.1 Å². The fourth-order valence-electron chi connectivity index (χ4n) is 2.86. The average Bonchev–Trinajstić information content (AvgIpc) is 2.95. The highest BCUT2D eigenvalue weighted by atomic mass is 16.6. The quantitative estimate of drug-likeness (QED) is 0.535. The molecule has 25 heavy (non-hydrogen) atoms. The van der Waals surface area contributed by atoms with Crippen molar-refractivity contribution in [2.24, 2.45) is 5.92 Å². The Morgan fingerprint density at radius 1 is 1.40 bits per heavy atom. The lowest BCUT2D eigenvalue weighted by Gasteiger charge is -2.24. The number of rotatable bonds is 8. The van der Waals surface area contributed by atoms with Crippen LogP contribution in [0.2, 0.25) is 0 Å². The highest BCUT2D eigenvalue weighted by Gasteiger charge is 2.41. The van der Waals surface area contributed by atoms with Gasteiger partial charge in [0.15, 0.2) is 0 Å². The number of cyclic esters (lactones) is 1. The minimum atomic E-state index is -0.680. The molecule has 1 heterocycles. The lowest BCUT2D eigenvalue weighted by molar-refractivity contribution is -0.148. The largest absolute Gasteiger partial charge is 0.466 e. The fourth-order valence-corrected chi connectivity index (χ4v) is 2.86. The van der Waals surface area contributed by atoms with Crippen molar-refractivity contribution in [3.8, 4) is 0 Å². The van der Waals surface area contributed by atoms with E-state index in [0.29, 0.717) is 12.8 Å². The fraction of sp³-hybridized carbons (Fsp3) is 0.421. The van der Waals surface area contributed by atoms with E-state index < -0.39 is 23.9 Å². The number of hydrogen-bond acceptors (Lipinski definition) is 5. The molecule has 1 aromatic rings. The average molecular weight is 345 g/mol. The van der Waals surface area contributed by atoms with Gasteiger partial charge in [0.05, 0.1) is 25.0 Å². The van der Waals surface area contributed by atoms with Crippen LogP contribution in [0.3, 0.4) is 0 Å². The van der Waals surface area contributed by atoms with Gasteiger partial charge in [-0.1, -0.05) is 36.4 Å². The molecular weight excluding hydrogens is 322 g/mol. The minimum absolute atomic E-state index is 0.0828. The van der Waals surface area contributed by atoms with E-state index in [0.717, 1.165) is 10.5 Å². The third kappa shape index (κ3) is 4.92. The molecule has 134 valence electrons. The van der Waals surface area contributed by atoms with Crippen molar-refractivity contribution < 1.29 is 23.9 Å². The van der Waals surface area contributed by atoms with Crippen molar-refractivity contribution in [2.75, 3.05) is 13.2 Å². The molecule has 2 atom stereocenters. The lowest BCUT2D eigenvalue weighted by Crippen LogP contribution is -2.44. The zero-order valence-corrected chi connectivity index (χ0v) is 14.3. The molecule has 1 saturated heterocycles. The van der Waals surface area contributed by atoms with Gasteiger partial charge in [-0.3, -0.25) is 9.59 Å². The van der Waals surface area contributed by atoms with Gasteiger partial charge < -0.3 is 9.47 Å². The van der Waals surface area contributed by atoms with Crippen molar-refractivity contribution in [1.29, 1.82) is 0 Å². The van der Waals surface area contributed by atoms with Crippen molar-refractivity contribution in [3.63, 3.8) is 0 Å². The normalized spacial score (nSPS) is 17.7. The van der Waals surface area contributed by atoms with Crippen LogP contribution >= 0.6 is 0 Å². The van der Waals surface area contributed by atoms with E-state index in [1.807, 2.05) is 30.3 Å². The maximum Gasteiger partial charge on any atom is 0.416 e. The van der Waals surface area contributed by atoms with Gasteiger partial charge in [-0.2, -0.15) is 0 Å². The van der Waals surface area contributed by atoms with Gasteiger partial charge in [-0.25, -0.2) is 9.69 Å². The monoisotopic (exact) mass is 345 g/mol. The number of hydrogen-bond donors (Lipinski definition) is 0. The maximum absolute atomic E-state index is 12.9. The van der Waals surface area contributed by atoms with Gasteiger partial charge in [0.1, 0.15) is 6.61 Å². The SMILES string of the molecule is C=CC[C@H](CC(=O)OCC)C(=O)N1C(=O)OC[C@@H]1Cc1ccccc1. The summed E-state index contributed by atoms with van der Waals surface area (Å²) in [5, 5.41) is 0. The number of carbonyl (C=O) groups is 3. The van der Waals surface area contributed by atoms with Crippen LogP contribution in [0.4, 0.5) is 4.79 Å². The summed E-state index contributed by atoms with van der Waals surface area (Å²) < 4.78 is 10.00. The molecule has 0 saturated carbocycles. The number of ether oxygens (including phenoxy) is 2. The third-order valence-electron chi connectivity index (χ3n) is 4.03. The highest BCUT2D eigenvalue weighted by Crippen LogP contribution is 2.23. The van der Waals surface area contributed by atoms with Gasteiger partial charge in [-0.15, -0.1) is 6.58 Å². The first-order chi connectivity index (χ1) is 12.1. The number of carbonyl (C=O) groups excluding carboxylic acids is 3. The molecule has 1 fully saturated rings. The van der Waals surface area contributed by atoms with Crippen LogP contribution < -0.4 is 0 Å². The second-order valence-electron chi connectivity index (χ2n) is 5.86. The third-order valence-corrected chi connectivity index (χ3v) is 4.03. The molecule has 0 aromatic heterocycles. The highest BCUT2D eigenvalue weighted by molar-refractivity contribution is 5.96. The molecule has 6 nitrogen and oxygen atoms in total. The first-order valence-electron chi connectivity index (χ1n) is 8.37. The Morgan fingerprint density at radius 2 is 2.12 bits per heavy atom. The van der Waals surface area contributed by atoms with Crippen LogP contribution in [0.5, 0.6) is 0 Å². The topological polar surface area (TPSA) is 72.9 Å². The molecule has 0 spiro atoms. The maximum atomic E-state index is 12.9. The second kappa shape index (κ2) is 9.01. The summed E-state index contributed by atoms with van der Waals surface area (Å²) in [6.07, 6.45) is 1.62. The van der Waals surface area contributed by atoms with E-state index in [-0.39, 0.29) is 25.7 Å². The molecule has 2 amide bonds. The predicted molar refractivity (Wildman–Crippen MR) is 91.7 cm³/mol. The van der Waals surface area contributed by atoms with Crippen LogP contribution in [0.1, 0.15) is 25.3 Å². The first-order valence-corrected chi connectivity index (χ1v) is 8.37. The molecule has 1 aromatic carbocycles. The summed E-state index contributed by atoms with van der Waals surface area (Å²) in [6.45, 7) is 5.73. The molecular formula is C19H23NO5. The summed E-state index contributed by atoms with van der Waals surface area (Å²) in [4.78, 5) is 37.8. The van der Waals surface area contributed by atoms with Crippen LogP contribution in [0.15, 0.2) is 43.0 Å². The zero-order chi connectivity index (χ0) is 18.2. The number of benzene rings is 1. The molecule has 0 radical (unpaired) electrons. The molecule has 1 aliphatic heterocycles. The lowest BCUT2D eigenvalue weighted by atomic mass is 9.98. The van der Waals surface area contributed by atoms with Gasteiger partial charge in [0.25, 0.3) is 0 Å². The molecule has 0 aliphatic carbocycles. The number of nitrogens with zero attached hydrogens (tertiary/aromatic N) is 1. The van der Waals surface area contributed by atoms with Crippen molar-refractivity contribution in [1.82, 2.24) is 4.90 Å². The van der Waals surface area contributed by atoms with Gasteiger partial charge in [0.2, 0.25) is 5.91 Å². The molecule has 0 N–H and O–H groups in total. The summed E-state index contributed by atoms with van der Waals surface area (Å²) in [5.41, 5.74) is 1.01. The molecule has 0 unspecified atom stereocenters. The summed E-state index contributed by atoms with van der Waals surface area (Å²) in [5.74, 6) is -1.56. The van der Waals surface area contributed by atoms with E-state index in [1.165, 1.54) is 0 Å². The van der Waals surface area contributed by atoms with E-state index in [4.69, 9.17) is 9.47 Å². The number of allylic oxidation sites excluding steroid dienone is 1. The molecule has 0 bridgehead atoms. The summed E-state index contributed by atoms with van der Waals surface area (Å²) in [6, 6.07) is 9.21. The number of imide groups is 1. The molecule has 6 heteroatoms. The smallest absolute Gasteiger partial charge is 0.416 e. The zero-order valence-electron chi connectivity index (χ0n) is 14.3. The minimum Gasteiger partial charge on any atom is -0.466 e. The summed E-state index contributed by atoms with van der Waals surface area (Å²) >= 11 is 0. The number of amides is 2. The van der Waals surface area contributed by atoms with Crippen LogP contribution in [-0.2, 0) is 25.5 Å². The van der Waals surface area contributed by atoms with Crippen molar-refractivity contribution in [3.05, 3.63) is 48.6 Å².